The van der Waals surface area contributed by atoms with Crippen molar-refractivity contribution in [1.82, 2.24) is 9.80 Å². The summed E-state index contributed by atoms with van der Waals surface area (Å²) >= 11 is 2.39. The van der Waals surface area contributed by atoms with Gasteiger partial charge in [-0.2, -0.15) is 0 Å². The SMILES string of the molecule is CN(C)C(=O)C(CCN1CCC(O)(C2C=CC(CI)=CC2)CC1)(c1ccccc1)c1ccccc1. The van der Waals surface area contributed by atoms with Crippen LogP contribution in [0.2, 0.25) is 0 Å². The molecule has 5 heteroatoms. The molecule has 1 amide bonds. The van der Waals surface area contributed by atoms with Crippen molar-refractivity contribution in [2.24, 2.45) is 5.92 Å². The Hall–Kier alpha value is -1.96. The van der Waals surface area contributed by atoms with Crippen LogP contribution < -0.4 is 0 Å². The van der Waals surface area contributed by atoms with Crippen molar-refractivity contribution < 1.29 is 9.90 Å². The van der Waals surface area contributed by atoms with Gasteiger partial charge in [0.05, 0.1) is 5.60 Å². The lowest BCUT2D eigenvalue weighted by atomic mass is 9.70. The van der Waals surface area contributed by atoms with Gasteiger partial charge in [0.15, 0.2) is 0 Å². The molecular formula is C30H37IN2O2. The first-order valence-electron chi connectivity index (χ1n) is 12.6. The van der Waals surface area contributed by atoms with E-state index < -0.39 is 11.0 Å². The van der Waals surface area contributed by atoms with Gasteiger partial charge in [-0.05, 0) is 48.9 Å². The van der Waals surface area contributed by atoms with Gasteiger partial charge in [-0.1, -0.05) is 101 Å². The van der Waals surface area contributed by atoms with E-state index in [1.807, 2.05) is 50.5 Å². The number of rotatable bonds is 8. The molecule has 4 nitrogen and oxygen atoms in total. The number of likely N-dealkylation sites (N-methyl/N-ethyl adjacent to an activating group) is 1. The highest BCUT2D eigenvalue weighted by molar-refractivity contribution is 14.1. The highest BCUT2D eigenvalue weighted by atomic mass is 127. The molecule has 0 saturated carbocycles. The van der Waals surface area contributed by atoms with Crippen LogP contribution in [0.4, 0.5) is 0 Å². The molecule has 2 aromatic carbocycles. The Morgan fingerprint density at radius 2 is 1.63 bits per heavy atom. The van der Waals surface area contributed by atoms with Crippen LogP contribution in [0.25, 0.3) is 0 Å². The molecule has 1 aliphatic carbocycles. The molecule has 1 heterocycles. The van der Waals surface area contributed by atoms with E-state index in [4.69, 9.17) is 0 Å². The lowest BCUT2D eigenvalue weighted by Crippen LogP contribution is -2.51. The lowest BCUT2D eigenvalue weighted by Gasteiger charge is -2.44. The molecule has 35 heavy (non-hydrogen) atoms. The van der Waals surface area contributed by atoms with Crippen molar-refractivity contribution >= 4 is 28.5 Å². The molecule has 1 atom stereocenters. The lowest BCUT2D eigenvalue weighted by molar-refractivity contribution is -0.134. The van der Waals surface area contributed by atoms with E-state index in [9.17, 15) is 9.90 Å². The van der Waals surface area contributed by atoms with Gasteiger partial charge in [-0.25, -0.2) is 0 Å². The Morgan fingerprint density at radius 3 is 2.09 bits per heavy atom. The third-order valence-corrected chi connectivity index (χ3v) is 8.73. The largest absolute Gasteiger partial charge is 0.389 e. The number of allylic oxidation sites excluding steroid dienone is 3. The summed E-state index contributed by atoms with van der Waals surface area (Å²) in [6, 6.07) is 20.4. The number of carbonyl (C=O) groups is 1. The predicted octanol–water partition coefficient (Wildman–Crippen LogP) is 5.22. The Balaban J connectivity index is 1.52. The van der Waals surface area contributed by atoms with Gasteiger partial charge in [0.2, 0.25) is 5.91 Å². The maximum absolute atomic E-state index is 13.9. The number of hydrogen-bond donors (Lipinski definition) is 1. The van der Waals surface area contributed by atoms with Gasteiger partial charge >= 0.3 is 0 Å². The number of nitrogens with zero attached hydrogens (tertiary/aromatic N) is 2. The van der Waals surface area contributed by atoms with Crippen LogP contribution in [-0.2, 0) is 10.2 Å². The fourth-order valence-corrected chi connectivity index (χ4v) is 6.22. The molecule has 0 aromatic heterocycles. The van der Waals surface area contributed by atoms with E-state index in [1.54, 1.807) is 4.90 Å². The third-order valence-electron chi connectivity index (χ3n) is 7.85. The number of aliphatic hydroxyl groups is 1. The second kappa shape index (κ2) is 11.4. The molecule has 0 radical (unpaired) electrons. The summed E-state index contributed by atoms with van der Waals surface area (Å²) in [6.45, 7) is 2.50. The topological polar surface area (TPSA) is 43.8 Å². The zero-order valence-corrected chi connectivity index (χ0v) is 23.0. The first-order valence-corrected chi connectivity index (χ1v) is 14.1. The standard InChI is InChI=1S/C30H37IN2O2/c1-32(2)28(34)30(26-9-5-3-6-10-26,27-11-7-4-8-12-27)19-22-33-20-17-29(35,18-21-33)25-15-13-24(23-31)14-16-25/h3-15,25,35H,16-23H2,1-2H3. The van der Waals surface area contributed by atoms with Crippen LogP contribution in [0, 0.1) is 5.92 Å². The molecule has 1 unspecified atom stereocenters. The molecule has 1 aliphatic heterocycles. The summed E-state index contributed by atoms with van der Waals surface area (Å²) in [5.41, 5.74) is 2.03. The molecular weight excluding hydrogens is 547 g/mol. The molecule has 1 N–H and O–H groups in total. The summed E-state index contributed by atoms with van der Waals surface area (Å²) in [5, 5.41) is 11.4. The minimum Gasteiger partial charge on any atom is -0.389 e. The Labute approximate surface area is 223 Å². The average Bonchev–Trinajstić information content (AvgIpc) is 2.91. The Bertz CT molecular complexity index is 1000. The fraction of sp³-hybridized carbons (Fsp3) is 0.433. The molecule has 4 rings (SSSR count). The van der Waals surface area contributed by atoms with E-state index in [1.165, 1.54) is 5.57 Å². The van der Waals surface area contributed by atoms with E-state index in [-0.39, 0.29) is 11.8 Å². The molecule has 2 aromatic rings. The molecule has 1 fully saturated rings. The Kier molecular flexibility index (Phi) is 8.50. The fourth-order valence-electron chi connectivity index (χ4n) is 5.66. The number of likely N-dealkylation sites (tertiary alicyclic amines) is 1. The van der Waals surface area contributed by atoms with Gasteiger partial charge in [0.25, 0.3) is 0 Å². The van der Waals surface area contributed by atoms with Crippen LogP contribution in [0.3, 0.4) is 0 Å². The number of alkyl halides is 1. The molecule has 0 spiro atoms. The number of piperidine rings is 1. The van der Waals surface area contributed by atoms with Crippen molar-refractivity contribution in [3.05, 3.63) is 95.6 Å². The maximum Gasteiger partial charge on any atom is 0.237 e. The van der Waals surface area contributed by atoms with Crippen molar-refractivity contribution in [1.29, 1.82) is 0 Å². The molecule has 186 valence electrons. The minimum absolute atomic E-state index is 0.105. The monoisotopic (exact) mass is 584 g/mol. The van der Waals surface area contributed by atoms with E-state index in [2.05, 4.69) is 70.0 Å². The number of carbonyl (C=O) groups excluding carboxylic acids is 1. The summed E-state index contributed by atoms with van der Waals surface area (Å²) in [5.74, 6) is 0.299. The van der Waals surface area contributed by atoms with Gasteiger partial charge in [-0.15, -0.1) is 0 Å². The smallest absolute Gasteiger partial charge is 0.237 e. The number of hydrogen-bond acceptors (Lipinski definition) is 3. The normalized spacial score (nSPS) is 20.3. The first-order chi connectivity index (χ1) is 16.9. The maximum atomic E-state index is 13.9. The summed E-state index contributed by atoms with van der Waals surface area (Å²) in [4.78, 5) is 18.0. The van der Waals surface area contributed by atoms with Crippen LogP contribution >= 0.6 is 22.6 Å². The minimum atomic E-state index is -0.744. The van der Waals surface area contributed by atoms with Gasteiger partial charge in [-0.3, -0.25) is 4.79 Å². The van der Waals surface area contributed by atoms with Crippen LogP contribution in [0.5, 0.6) is 0 Å². The second-order valence-electron chi connectivity index (χ2n) is 10.1. The van der Waals surface area contributed by atoms with Crippen molar-refractivity contribution in [3.63, 3.8) is 0 Å². The number of amides is 1. The van der Waals surface area contributed by atoms with Gasteiger partial charge < -0.3 is 14.9 Å². The van der Waals surface area contributed by atoms with Crippen molar-refractivity contribution in [3.8, 4) is 0 Å². The quantitative estimate of drug-likeness (QED) is 0.342. The first kappa shape index (κ1) is 26.1. The Morgan fingerprint density at radius 1 is 1.06 bits per heavy atom. The van der Waals surface area contributed by atoms with Crippen LogP contribution in [0.1, 0.15) is 36.8 Å². The predicted molar refractivity (Wildman–Crippen MR) is 152 cm³/mol. The van der Waals surface area contributed by atoms with E-state index in [0.29, 0.717) is 6.42 Å². The van der Waals surface area contributed by atoms with Crippen LogP contribution in [0.15, 0.2) is 84.5 Å². The van der Waals surface area contributed by atoms with Gasteiger partial charge in [0, 0.05) is 37.5 Å². The van der Waals surface area contributed by atoms with Crippen molar-refractivity contribution in [2.45, 2.75) is 36.7 Å². The highest BCUT2D eigenvalue weighted by Crippen LogP contribution is 2.39. The molecule has 1 saturated heterocycles. The summed E-state index contributed by atoms with van der Waals surface area (Å²) in [7, 11) is 3.69. The van der Waals surface area contributed by atoms with E-state index in [0.717, 1.165) is 54.5 Å². The zero-order chi connectivity index (χ0) is 24.9. The molecule has 2 aliphatic rings. The summed E-state index contributed by atoms with van der Waals surface area (Å²) in [6.07, 6.45) is 9.83. The van der Waals surface area contributed by atoms with E-state index >= 15 is 0 Å². The highest BCUT2D eigenvalue weighted by Gasteiger charge is 2.44. The molecule has 0 bridgehead atoms. The summed E-state index contributed by atoms with van der Waals surface area (Å²) < 4.78 is 1.02. The second-order valence-corrected chi connectivity index (χ2v) is 10.9. The number of benzene rings is 2. The van der Waals surface area contributed by atoms with Crippen molar-refractivity contribution in [2.75, 3.05) is 38.2 Å². The van der Waals surface area contributed by atoms with Crippen LogP contribution in [-0.4, -0.2) is 64.6 Å². The van der Waals surface area contributed by atoms with Gasteiger partial charge in [0.1, 0.15) is 5.41 Å². The number of halogens is 1. The average molecular weight is 585 g/mol. The zero-order valence-electron chi connectivity index (χ0n) is 20.9. The third kappa shape index (κ3) is 5.57.